The maximum absolute atomic E-state index is 12.1. The molecule has 0 radical (unpaired) electrons. The van der Waals surface area contributed by atoms with Crippen molar-refractivity contribution in [3.05, 3.63) is 74.2 Å². The molecule has 0 fully saturated rings. The van der Waals surface area contributed by atoms with Crippen molar-refractivity contribution in [2.45, 2.75) is 6.61 Å². The van der Waals surface area contributed by atoms with Crippen LogP contribution in [0, 0.1) is 10.1 Å². The molecule has 132 valence electrons. The summed E-state index contributed by atoms with van der Waals surface area (Å²) in [7, 11) is 0. The maximum atomic E-state index is 12.1. The van der Waals surface area contributed by atoms with E-state index in [1.165, 1.54) is 12.1 Å². The third-order valence-electron chi connectivity index (χ3n) is 3.21. The van der Waals surface area contributed by atoms with E-state index in [9.17, 15) is 14.9 Å². The Kier molecular flexibility index (Phi) is 5.40. The van der Waals surface area contributed by atoms with E-state index in [4.69, 9.17) is 16.3 Å². The lowest BCUT2D eigenvalue weighted by atomic mass is 10.2. The molecule has 0 bridgehead atoms. The van der Waals surface area contributed by atoms with E-state index in [1.807, 2.05) is 0 Å². The first-order valence-corrected chi connectivity index (χ1v) is 8.48. The average molecular weight is 391 g/mol. The van der Waals surface area contributed by atoms with E-state index in [2.05, 4.69) is 15.5 Å². The first kappa shape index (κ1) is 17.8. The predicted molar refractivity (Wildman–Crippen MR) is 96.7 cm³/mol. The Labute approximate surface area is 156 Å². The van der Waals surface area contributed by atoms with Gasteiger partial charge < -0.3 is 4.74 Å². The van der Waals surface area contributed by atoms with Gasteiger partial charge in [0.05, 0.1) is 4.92 Å². The summed E-state index contributed by atoms with van der Waals surface area (Å²) < 4.78 is 5.44. The van der Waals surface area contributed by atoms with Crippen molar-refractivity contribution in [2.75, 3.05) is 5.32 Å². The van der Waals surface area contributed by atoms with Gasteiger partial charge in [0.15, 0.2) is 10.8 Å². The maximum Gasteiger partial charge on any atom is 0.310 e. The highest BCUT2D eigenvalue weighted by atomic mass is 35.5. The van der Waals surface area contributed by atoms with Crippen molar-refractivity contribution in [1.29, 1.82) is 0 Å². The van der Waals surface area contributed by atoms with Crippen LogP contribution in [0.1, 0.15) is 15.4 Å². The predicted octanol–water partition coefficient (Wildman–Crippen LogP) is 3.93. The highest BCUT2D eigenvalue weighted by molar-refractivity contribution is 7.15. The molecule has 2 aromatic carbocycles. The van der Waals surface area contributed by atoms with Crippen molar-refractivity contribution < 1.29 is 14.5 Å². The molecular weight excluding hydrogens is 380 g/mol. The zero-order valence-corrected chi connectivity index (χ0v) is 14.7. The van der Waals surface area contributed by atoms with Crippen LogP contribution < -0.4 is 10.1 Å². The van der Waals surface area contributed by atoms with Gasteiger partial charge in [-0.2, -0.15) is 0 Å². The quantitative estimate of drug-likeness (QED) is 0.504. The number of rotatable bonds is 6. The lowest BCUT2D eigenvalue weighted by Gasteiger charge is -2.03. The summed E-state index contributed by atoms with van der Waals surface area (Å²) in [5, 5.41) is 22.7. The van der Waals surface area contributed by atoms with Crippen LogP contribution in [-0.2, 0) is 6.61 Å². The summed E-state index contributed by atoms with van der Waals surface area (Å²) in [6, 6.07) is 12.5. The number of anilines is 1. The normalized spacial score (nSPS) is 10.3. The standard InChI is InChI=1S/C16H11ClN4O4S/c17-11-7-5-10(6-8-11)15(22)18-16-20-19-14(26-16)9-25-13-4-2-1-3-12(13)21(23)24/h1-8H,9H2,(H,18,20,22). The molecule has 0 saturated carbocycles. The fraction of sp³-hybridized carbons (Fsp3) is 0.0625. The minimum atomic E-state index is -0.521. The summed E-state index contributed by atoms with van der Waals surface area (Å²) in [6.07, 6.45) is 0. The molecule has 8 nitrogen and oxygen atoms in total. The molecule has 0 aliphatic rings. The number of benzene rings is 2. The smallest absolute Gasteiger partial charge is 0.310 e. The molecule has 0 atom stereocenters. The summed E-state index contributed by atoms with van der Waals surface area (Å²) in [5.74, 6) is -0.205. The molecule has 0 spiro atoms. The van der Waals surface area contributed by atoms with Crippen LogP contribution in [0.25, 0.3) is 0 Å². The molecule has 0 unspecified atom stereocenters. The summed E-state index contributed by atoms with van der Waals surface area (Å²) in [6.45, 7) is -0.000659. The van der Waals surface area contributed by atoms with E-state index in [0.29, 0.717) is 20.7 Å². The Morgan fingerprint density at radius 2 is 1.92 bits per heavy atom. The number of halogens is 1. The minimum absolute atomic E-state index is 0.000659. The fourth-order valence-electron chi connectivity index (χ4n) is 2.00. The second-order valence-electron chi connectivity index (χ2n) is 4.98. The van der Waals surface area contributed by atoms with Crippen LogP contribution in [-0.4, -0.2) is 21.0 Å². The van der Waals surface area contributed by atoms with Crippen molar-refractivity contribution >= 4 is 39.7 Å². The van der Waals surface area contributed by atoms with Gasteiger partial charge in [-0.1, -0.05) is 35.1 Å². The van der Waals surface area contributed by atoms with Crippen molar-refractivity contribution in [3.63, 3.8) is 0 Å². The van der Waals surface area contributed by atoms with Gasteiger partial charge in [0.1, 0.15) is 6.61 Å². The molecule has 3 rings (SSSR count). The number of nitrogens with one attached hydrogen (secondary N) is 1. The number of carbonyl (C=O) groups excluding carboxylic acids is 1. The average Bonchev–Trinajstić information content (AvgIpc) is 3.08. The highest BCUT2D eigenvalue weighted by Gasteiger charge is 2.15. The number of para-hydroxylation sites is 2. The zero-order valence-electron chi connectivity index (χ0n) is 13.1. The van der Waals surface area contributed by atoms with Gasteiger partial charge in [-0.05, 0) is 30.3 Å². The lowest BCUT2D eigenvalue weighted by Crippen LogP contribution is -2.11. The van der Waals surface area contributed by atoms with E-state index in [-0.39, 0.29) is 24.0 Å². The molecule has 1 aromatic heterocycles. The van der Waals surface area contributed by atoms with Gasteiger partial charge in [0, 0.05) is 16.7 Å². The van der Waals surface area contributed by atoms with E-state index in [0.717, 1.165) is 11.3 Å². The van der Waals surface area contributed by atoms with Gasteiger partial charge in [-0.15, -0.1) is 10.2 Å². The second kappa shape index (κ2) is 7.89. The number of carbonyl (C=O) groups is 1. The van der Waals surface area contributed by atoms with E-state index >= 15 is 0 Å². The molecule has 1 heterocycles. The van der Waals surface area contributed by atoms with Crippen molar-refractivity contribution in [2.24, 2.45) is 0 Å². The highest BCUT2D eigenvalue weighted by Crippen LogP contribution is 2.27. The molecule has 0 aliphatic carbocycles. The molecule has 1 amide bonds. The fourth-order valence-corrected chi connectivity index (χ4v) is 2.78. The Morgan fingerprint density at radius 1 is 1.19 bits per heavy atom. The van der Waals surface area contributed by atoms with Crippen LogP contribution in [0.15, 0.2) is 48.5 Å². The van der Waals surface area contributed by atoms with Crippen LogP contribution in [0.3, 0.4) is 0 Å². The largest absolute Gasteiger partial charge is 0.479 e. The molecule has 0 aliphatic heterocycles. The van der Waals surface area contributed by atoms with Gasteiger partial charge >= 0.3 is 5.69 Å². The monoisotopic (exact) mass is 390 g/mol. The summed E-state index contributed by atoms with van der Waals surface area (Å²) in [4.78, 5) is 22.6. The van der Waals surface area contributed by atoms with Crippen LogP contribution >= 0.6 is 22.9 Å². The molecule has 3 aromatic rings. The molecule has 10 heteroatoms. The second-order valence-corrected chi connectivity index (χ2v) is 6.47. The van der Waals surface area contributed by atoms with E-state index in [1.54, 1.807) is 36.4 Å². The Bertz CT molecular complexity index is 945. The lowest BCUT2D eigenvalue weighted by molar-refractivity contribution is -0.385. The first-order chi connectivity index (χ1) is 12.5. The molecule has 0 saturated heterocycles. The van der Waals surface area contributed by atoms with Gasteiger partial charge in [0.2, 0.25) is 5.13 Å². The Hall–Kier alpha value is -3.04. The minimum Gasteiger partial charge on any atom is -0.479 e. The SMILES string of the molecule is O=C(Nc1nnc(COc2ccccc2[N+](=O)[O-])s1)c1ccc(Cl)cc1. The number of nitro groups is 1. The summed E-state index contributed by atoms with van der Waals surface area (Å²) in [5.41, 5.74) is 0.301. The van der Waals surface area contributed by atoms with Crippen molar-refractivity contribution in [3.8, 4) is 5.75 Å². The van der Waals surface area contributed by atoms with E-state index < -0.39 is 4.92 Å². The first-order valence-electron chi connectivity index (χ1n) is 7.28. The van der Waals surface area contributed by atoms with Gasteiger partial charge in [-0.3, -0.25) is 20.2 Å². The number of ether oxygens (including phenoxy) is 1. The third-order valence-corrected chi connectivity index (χ3v) is 4.27. The van der Waals surface area contributed by atoms with Crippen molar-refractivity contribution in [1.82, 2.24) is 10.2 Å². The molecule has 1 N–H and O–H groups in total. The van der Waals surface area contributed by atoms with Crippen LogP contribution in [0.4, 0.5) is 10.8 Å². The molecular formula is C16H11ClN4O4S. The number of nitrogens with zero attached hydrogens (tertiary/aromatic N) is 3. The Balaban J connectivity index is 1.62. The summed E-state index contributed by atoms with van der Waals surface area (Å²) >= 11 is 6.91. The third kappa shape index (κ3) is 4.32. The molecule has 26 heavy (non-hydrogen) atoms. The zero-order chi connectivity index (χ0) is 18.5. The number of hydrogen-bond acceptors (Lipinski definition) is 7. The number of aromatic nitrogens is 2. The van der Waals surface area contributed by atoms with Crippen LogP contribution in [0.2, 0.25) is 5.02 Å². The number of nitro benzene ring substituents is 1. The number of hydrogen-bond donors (Lipinski definition) is 1. The number of amides is 1. The van der Waals surface area contributed by atoms with Gasteiger partial charge in [0.25, 0.3) is 5.91 Å². The van der Waals surface area contributed by atoms with Crippen LogP contribution in [0.5, 0.6) is 5.75 Å². The van der Waals surface area contributed by atoms with Gasteiger partial charge in [-0.25, -0.2) is 0 Å². The topological polar surface area (TPSA) is 107 Å². The Morgan fingerprint density at radius 3 is 2.65 bits per heavy atom.